The molecule has 1 aliphatic carbocycles. The minimum absolute atomic E-state index is 0.0528. The van der Waals surface area contributed by atoms with Crippen LogP contribution in [0.3, 0.4) is 0 Å². The Balaban J connectivity index is 2.13. The van der Waals surface area contributed by atoms with Crippen LogP contribution in [0.2, 0.25) is 0 Å². The van der Waals surface area contributed by atoms with Gasteiger partial charge in [-0.1, -0.05) is 20.3 Å². The molecule has 1 heterocycles. The molecule has 0 aromatic rings. The largest absolute Gasteiger partial charge is 0.480 e. The summed E-state index contributed by atoms with van der Waals surface area (Å²) in [6.45, 7) is 5.02. The molecule has 5 heteroatoms. The molecule has 0 bridgehead atoms. The number of likely N-dealkylation sites (tertiary alicyclic amines) is 1. The first-order chi connectivity index (χ1) is 9.45. The molecule has 1 aliphatic heterocycles. The zero-order chi connectivity index (χ0) is 14.9. The van der Waals surface area contributed by atoms with Gasteiger partial charge in [0, 0.05) is 13.1 Å². The van der Waals surface area contributed by atoms with Crippen molar-refractivity contribution in [3.8, 4) is 0 Å². The van der Waals surface area contributed by atoms with Crippen LogP contribution < -0.4 is 5.73 Å². The molecule has 1 amide bonds. The minimum atomic E-state index is -0.854. The van der Waals surface area contributed by atoms with Gasteiger partial charge in [-0.25, -0.2) is 4.79 Å². The molecule has 0 spiro atoms. The van der Waals surface area contributed by atoms with E-state index in [0.717, 1.165) is 25.7 Å². The fraction of sp³-hybridized carbons (Fsp3) is 0.867. The number of carboxylic acid groups (broad SMARTS) is 1. The highest BCUT2D eigenvalue weighted by atomic mass is 16.4. The summed E-state index contributed by atoms with van der Waals surface area (Å²) in [5, 5.41) is 9.49. The zero-order valence-corrected chi connectivity index (χ0v) is 12.4. The summed E-state index contributed by atoms with van der Waals surface area (Å²) in [7, 11) is 0. The van der Waals surface area contributed by atoms with Crippen LogP contribution in [0.1, 0.15) is 39.5 Å². The van der Waals surface area contributed by atoms with E-state index in [9.17, 15) is 14.7 Å². The van der Waals surface area contributed by atoms with Gasteiger partial charge in [0.2, 0.25) is 5.91 Å². The lowest BCUT2D eigenvalue weighted by molar-refractivity contribution is -0.151. The maximum atomic E-state index is 12.6. The van der Waals surface area contributed by atoms with Gasteiger partial charge in [-0.05, 0) is 37.0 Å². The first-order valence-electron chi connectivity index (χ1n) is 7.69. The first kappa shape index (κ1) is 15.3. The van der Waals surface area contributed by atoms with Crippen molar-refractivity contribution in [1.82, 2.24) is 4.90 Å². The molecular weight excluding hydrogens is 256 g/mol. The number of hydrogen-bond acceptors (Lipinski definition) is 3. The Kier molecular flexibility index (Phi) is 4.68. The third kappa shape index (κ3) is 2.82. The Labute approximate surface area is 120 Å². The van der Waals surface area contributed by atoms with Crippen molar-refractivity contribution in [2.45, 2.75) is 45.6 Å². The Morgan fingerprint density at radius 1 is 1.35 bits per heavy atom. The molecule has 0 radical (unpaired) electrons. The van der Waals surface area contributed by atoms with E-state index in [0.29, 0.717) is 24.9 Å². The molecule has 2 rings (SSSR count). The highest BCUT2D eigenvalue weighted by Crippen LogP contribution is 2.42. The van der Waals surface area contributed by atoms with Crippen LogP contribution in [0.25, 0.3) is 0 Å². The minimum Gasteiger partial charge on any atom is -0.480 e. The Morgan fingerprint density at radius 3 is 2.60 bits per heavy atom. The number of amides is 1. The lowest BCUT2D eigenvalue weighted by atomic mass is 9.93. The Bertz CT molecular complexity index is 383. The van der Waals surface area contributed by atoms with E-state index in [2.05, 4.69) is 13.8 Å². The zero-order valence-electron chi connectivity index (χ0n) is 12.4. The molecular formula is C15H26N2O3. The van der Waals surface area contributed by atoms with Crippen LogP contribution in [0, 0.1) is 23.7 Å². The van der Waals surface area contributed by atoms with Gasteiger partial charge in [0.1, 0.15) is 6.04 Å². The summed E-state index contributed by atoms with van der Waals surface area (Å²) in [6, 6.07) is -0.629. The van der Waals surface area contributed by atoms with Gasteiger partial charge in [-0.2, -0.15) is 0 Å². The van der Waals surface area contributed by atoms with E-state index in [-0.39, 0.29) is 17.7 Å². The van der Waals surface area contributed by atoms with Crippen LogP contribution in [0.4, 0.5) is 0 Å². The summed E-state index contributed by atoms with van der Waals surface area (Å²) in [5.41, 5.74) is 5.73. The van der Waals surface area contributed by atoms with Crippen molar-refractivity contribution < 1.29 is 14.7 Å². The highest BCUT2D eigenvalue weighted by molar-refractivity contribution is 5.86. The second-order valence-electron chi connectivity index (χ2n) is 6.69. The number of carboxylic acids is 1. The molecule has 1 saturated carbocycles. The molecule has 4 atom stereocenters. The SMILES string of the molecule is CC(C)CC(CN)C(=O)N1CC2CCCC2C1C(=O)O. The van der Waals surface area contributed by atoms with Gasteiger partial charge >= 0.3 is 5.97 Å². The van der Waals surface area contributed by atoms with Crippen LogP contribution in [-0.4, -0.2) is 41.0 Å². The van der Waals surface area contributed by atoms with Gasteiger partial charge in [0.05, 0.1) is 5.92 Å². The second kappa shape index (κ2) is 6.12. The molecule has 2 fully saturated rings. The topological polar surface area (TPSA) is 83.6 Å². The lowest BCUT2D eigenvalue weighted by Crippen LogP contribution is -2.47. The van der Waals surface area contributed by atoms with Crippen LogP contribution in [-0.2, 0) is 9.59 Å². The van der Waals surface area contributed by atoms with Crippen molar-refractivity contribution in [1.29, 1.82) is 0 Å². The molecule has 4 unspecified atom stereocenters. The molecule has 114 valence electrons. The molecule has 3 N–H and O–H groups in total. The summed E-state index contributed by atoms with van der Waals surface area (Å²) in [4.78, 5) is 25.8. The van der Waals surface area contributed by atoms with Crippen molar-refractivity contribution in [3.63, 3.8) is 0 Å². The second-order valence-corrected chi connectivity index (χ2v) is 6.69. The number of nitrogens with zero attached hydrogens (tertiary/aromatic N) is 1. The standard InChI is InChI=1S/C15H26N2O3/c1-9(2)6-11(7-16)14(18)17-8-10-4-3-5-12(10)13(17)15(19)20/h9-13H,3-8,16H2,1-2H3,(H,19,20). The number of fused-ring (bicyclic) bond motifs is 1. The molecule has 5 nitrogen and oxygen atoms in total. The van der Waals surface area contributed by atoms with Crippen molar-refractivity contribution in [2.75, 3.05) is 13.1 Å². The maximum absolute atomic E-state index is 12.6. The average molecular weight is 282 g/mol. The average Bonchev–Trinajstić information content (AvgIpc) is 2.93. The van der Waals surface area contributed by atoms with E-state index in [1.807, 2.05) is 0 Å². The summed E-state index contributed by atoms with van der Waals surface area (Å²) >= 11 is 0. The van der Waals surface area contributed by atoms with Gasteiger partial charge in [0.25, 0.3) is 0 Å². The monoisotopic (exact) mass is 282 g/mol. The van der Waals surface area contributed by atoms with Gasteiger partial charge in [0.15, 0.2) is 0 Å². The lowest BCUT2D eigenvalue weighted by Gasteiger charge is -2.28. The molecule has 1 saturated heterocycles. The van der Waals surface area contributed by atoms with E-state index in [4.69, 9.17) is 5.73 Å². The Morgan fingerprint density at radius 2 is 2.05 bits per heavy atom. The number of carbonyl (C=O) groups is 2. The van der Waals surface area contributed by atoms with Crippen molar-refractivity contribution >= 4 is 11.9 Å². The third-order valence-corrected chi connectivity index (χ3v) is 4.82. The van der Waals surface area contributed by atoms with Crippen molar-refractivity contribution in [2.24, 2.45) is 29.4 Å². The normalized spacial score (nSPS) is 30.6. The van der Waals surface area contributed by atoms with Crippen LogP contribution >= 0.6 is 0 Å². The van der Waals surface area contributed by atoms with Gasteiger partial charge in [-0.15, -0.1) is 0 Å². The fourth-order valence-corrected chi connectivity index (χ4v) is 3.95. The number of hydrogen-bond donors (Lipinski definition) is 2. The number of aliphatic carboxylic acids is 1. The molecule has 2 aliphatic rings. The highest BCUT2D eigenvalue weighted by Gasteiger charge is 2.50. The van der Waals surface area contributed by atoms with Gasteiger partial charge in [-0.3, -0.25) is 4.79 Å². The maximum Gasteiger partial charge on any atom is 0.326 e. The van der Waals surface area contributed by atoms with Gasteiger partial charge < -0.3 is 15.7 Å². The third-order valence-electron chi connectivity index (χ3n) is 4.82. The summed E-state index contributed by atoms with van der Waals surface area (Å²) in [6.07, 6.45) is 3.81. The fourth-order valence-electron chi connectivity index (χ4n) is 3.95. The summed E-state index contributed by atoms with van der Waals surface area (Å²) in [5.74, 6) is -0.240. The quantitative estimate of drug-likeness (QED) is 0.796. The molecule has 0 aromatic carbocycles. The van der Waals surface area contributed by atoms with E-state index < -0.39 is 12.0 Å². The smallest absolute Gasteiger partial charge is 0.326 e. The van der Waals surface area contributed by atoms with E-state index >= 15 is 0 Å². The van der Waals surface area contributed by atoms with E-state index in [1.165, 1.54) is 0 Å². The van der Waals surface area contributed by atoms with Crippen LogP contribution in [0.5, 0.6) is 0 Å². The number of nitrogens with two attached hydrogens (primary N) is 1. The number of rotatable bonds is 5. The van der Waals surface area contributed by atoms with Crippen LogP contribution in [0.15, 0.2) is 0 Å². The first-order valence-corrected chi connectivity index (χ1v) is 7.69. The van der Waals surface area contributed by atoms with E-state index in [1.54, 1.807) is 4.90 Å². The predicted octanol–water partition coefficient (Wildman–Crippen LogP) is 1.32. The molecule has 20 heavy (non-hydrogen) atoms. The Hall–Kier alpha value is -1.10. The number of carbonyl (C=O) groups excluding carboxylic acids is 1. The van der Waals surface area contributed by atoms with Crippen molar-refractivity contribution in [3.05, 3.63) is 0 Å². The summed E-state index contributed by atoms with van der Waals surface area (Å²) < 4.78 is 0. The molecule has 0 aromatic heterocycles. The predicted molar refractivity (Wildman–Crippen MR) is 76.0 cm³/mol.